The highest BCUT2D eigenvalue weighted by Crippen LogP contribution is 2.39. The second kappa shape index (κ2) is 8.59. The number of hydrogen-bond acceptors (Lipinski definition) is 6. The molecule has 2 heterocycles. The molecule has 0 bridgehead atoms. The fourth-order valence-electron chi connectivity index (χ4n) is 3.95. The van der Waals surface area contributed by atoms with Crippen molar-refractivity contribution in [2.75, 3.05) is 50.6 Å². The summed E-state index contributed by atoms with van der Waals surface area (Å²) in [4.78, 5) is 18.1. The van der Waals surface area contributed by atoms with Crippen molar-refractivity contribution in [1.82, 2.24) is 4.90 Å². The average molecular weight is 432 g/mol. The maximum Gasteiger partial charge on any atom is 0.341 e. The van der Waals surface area contributed by atoms with Gasteiger partial charge >= 0.3 is 5.97 Å². The molecular formula is C21H25N3O3S2. The van der Waals surface area contributed by atoms with Crippen LogP contribution < -0.4 is 15.0 Å². The quantitative estimate of drug-likeness (QED) is 0.587. The molecule has 0 radical (unpaired) electrons. The second-order valence-corrected chi connectivity index (χ2v) is 8.65. The number of piperazine rings is 1. The number of fused-ring (bicyclic) bond motifs is 1. The van der Waals surface area contributed by atoms with Crippen LogP contribution in [-0.4, -0.2) is 56.4 Å². The van der Waals surface area contributed by atoms with Gasteiger partial charge in [-0.3, -0.25) is 0 Å². The Bertz CT molecular complexity index is 903. The van der Waals surface area contributed by atoms with E-state index in [4.69, 9.17) is 21.7 Å². The number of nitrogens with zero attached hydrogens (tertiary/aromatic N) is 2. The van der Waals surface area contributed by atoms with Crippen molar-refractivity contribution >= 4 is 45.3 Å². The summed E-state index contributed by atoms with van der Waals surface area (Å²) in [5.74, 6) is 0.584. The molecule has 1 N–H and O–H groups in total. The van der Waals surface area contributed by atoms with Crippen molar-refractivity contribution in [1.29, 1.82) is 0 Å². The molecule has 0 amide bonds. The molecule has 1 aliphatic heterocycles. The zero-order chi connectivity index (χ0) is 20.4. The van der Waals surface area contributed by atoms with Crippen LogP contribution in [-0.2, 0) is 17.6 Å². The first-order valence-corrected chi connectivity index (χ1v) is 11.0. The molecule has 2 aliphatic rings. The third-order valence-corrected chi connectivity index (χ3v) is 7.10. The lowest BCUT2D eigenvalue weighted by molar-refractivity contribution is 0.0601. The Balaban J connectivity index is 1.40. The number of anilines is 2. The topological polar surface area (TPSA) is 54.0 Å². The molecule has 0 unspecified atom stereocenters. The number of hydrogen-bond donors (Lipinski definition) is 1. The van der Waals surface area contributed by atoms with E-state index >= 15 is 0 Å². The average Bonchev–Trinajstić information content (AvgIpc) is 3.34. The fourth-order valence-corrected chi connectivity index (χ4v) is 5.57. The number of benzene rings is 1. The number of ether oxygens (including phenoxy) is 2. The standard InChI is InChI=1S/C21H25N3O3S2/c1-26-15-8-6-14(7-9-15)23-10-12-24(13-11-23)21(28)22-19-18(20(25)27-2)16-4-3-5-17(16)29-19/h6-9H,3-5,10-13H2,1-2H3,(H,22,28). The van der Waals surface area contributed by atoms with Gasteiger partial charge in [0.05, 0.1) is 19.8 Å². The van der Waals surface area contributed by atoms with Crippen molar-refractivity contribution in [3.63, 3.8) is 0 Å². The number of rotatable bonds is 4. The third-order valence-electron chi connectivity index (χ3n) is 5.54. The lowest BCUT2D eigenvalue weighted by Crippen LogP contribution is -2.50. The number of carbonyl (C=O) groups excluding carboxylic acids is 1. The van der Waals surface area contributed by atoms with Crippen LogP contribution in [0, 0.1) is 0 Å². The Morgan fingerprint density at radius 3 is 2.48 bits per heavy atom. The van der Waals surface area contributed by atoms with Gasteiger partial charge in [0.2, 0.25) is 0 Å². The van der Waals surface area contributed by atoms with Gasteiger partial charge < -0.3 is 24.6 Å². The van der Waals surface area contributed by atoms with E-state index in [-0.39, 0.29) is 5.97 Å². The molecule has 1 aliphatic carbocycles. The van der Waals surface area contributed by atoms with E-state index in [1.165, 1.54) is 17.7 Å². The third kappa shape index (κ3) is 4.04. The van der Waals surface area contributed by atoms with Crippen molar-refractivity contribution < 1.29 is 14.3 Å². The van der Waals surface area contributed by atoms with Crippen LogP contribution in [0.1, 0.15) is 27.2 Å². The number of thiocarbonyl (C=S) groups is 1. The van der Waals surface area contributed by atoms with E-state index in [0.29, 0.717) is 10.7 Å². The molecule has 0 spiro atoms. The number of nitrogens with one attached hydrogen (secondary N) is 1. The van der Waals surface area contributed by atoms with E-state index < -0.39 is 0 Å². The minimum Gasteiger partial charge on any atom is -0.497 e. The zero-order valence-corrected chi connectivity index (χ0v) is 18.3. The Kier molecular flexibility index (Phi) is 5.91. The number of methoxy groups -OCH3 is 2. The summed E-state index contributed by atoms with van der Waals surface area (Å²) in [6.45, 7) is 3.44. The molecule has 4 rings (SSSR count). The summed E-state index contributed by atoms with van der Waals surface area (Å²) in [6, 6.07) is 8.14. The smallest absolute Gasteiger partial charge is 0.341 e. The second-order valence-electron chi connectivity index (χ2n) is 7.16. The van der Waals surface area contributed by atoms with Gasteiger partial charge in [0.15, 0.2) is 5.11 Å². The van der Waals surface area contributed by atoms with E-state index in [2.05, 4.69) is 27.2 Å². The van der Waals surface area contributed by atoms with E-state index in [1.54, 1.807) is 18.4 Å². The molecule has 1 aromatic carbocycles. The lowest BCUT2D eigenvalue weighted by Gasteiger charge is -2.37. The van der Waals surface area contributed by atoms with Gasteiger partial charge in [-0.05, 0) is 61.3 Å². The van der Waals surface area contributed by atoms with Crippen molar-refractivity contribution in [3.8, 4) is 5.75 Å². The van der Waals surface area contributed by atoms with Crippen LogP contribution in [0.2, 0.25) is 0 Å². The summed E-state index contributed by atoms with van der Waals surface area (Å²) in [5.41, 5.74) is 2.99. The van der Waals surface area contributed by atoms with Gasteiger partial charge in [-0.25, -0.2) is 4.79 Å². The number of carbonyl (C=O) groups is 1. The minimum atomic E-state index is -0.279. The molecule has 0 atom stereocenters. The molecule has 29 heavy (non-hydrogen) atoms. The Morgan fingerprint density at radius 2 is 1.83 bits per heavy atom. The van der Waals surface area contributed by atoms with E-state index in [9.17, 15) is 4.79 Å². The Hall–Kier alpha value is -2.32. The number of aryl methyl sites for hydroxylation is 1. The molecule has 8 heteroatoms. The molecule has 1 fully saturated rings. The van der Waals surface area contributed by atoms with Gasteiger partial charge in [-0.2, -0.15) is 0 Å². The Morgan fingerprint density at radius 1 is 1.10 bits per heavy atom. The molecule has 2 aromatic rings. The highest BCUT2D eigenvalue weighted by Gasteiger charge is 2.28. The van der Waals surface area contributed by atoms with Crippen LogP contribution >= 0.6 is 23.6 Å². The summed E-state index contributed by atoms with van der Waals surface area (Å²) in [7, 11) is 3.11. The molecule has 1 saturated heterocycles. The normalized spacial score (nSPS) is 15.8. The monoisotopic (exact) mass is 431 g/mol. The first-order valence-electron chi connectivity index (χ1n) is 9.78. The summed E-state index contributed by atoms with van der Waals surface area (Å²) in [6.07, 6.45) is 3.06. The first kappa shape index (κ1) is 20.0. The van der Waals surface area contributed by atoms with Crippen LogP contribution in [0.3, 0.4) is 0 Å². The lowest BCUT2D eigenvalue weighted by atomic mass is 10.1. The van der Waals surface area contributed by atoms with Gasteiger partial charge in [-0.15, -0.1) is 11.3 Å². The SMILES string of the molecule is COC(=O)c1c(NC(=S)N2CCN(c3ccc(OC)cc3)CC2)sc2c1CCC2. The molecule has 6 nitrogen and oxygen atoms in total. The molecule has 1 aromatic heterocycles. The highest BCUT2D eigenvalue weighted by molar-refractivity contribution is 7.80. The van der Waals surface area contributed by atoms with Gasteiger partial charge in [-0.1, -0.05) is 0 Å². The predicted octanol–water partition coefficient (Wildman–Crippen LogP) is 3.55. The molecule has 0 saturated carbocycles. The minimum absolute atomic E-state index is 0.279. The van der Waals surface area contributed by atoms with E-state index in [1.807, 2.05) is 12.1 Å². The maximum atomic E-state index is 12.3. The van der Waals surface area contributed by atoms with Gasteiger partial charge in [0.1, 0.15) is 10.8 Å². The van der Waals surface area contributed by atoms with Crippen LogP contribution in [0.4, 0.5) is 10.7 Å². The van der Waals surface area contributed by atoms with Gasteiger partial charge in [0.25, 0.3) is 0 Å². The van der Waals surface area contributed by atoms with Gasteiger partial charge in [0, 0.05) is 36.7 Å². The van der Waals surface area contributed by atoms with Crippen molar-refractivity contribution in [2.45, 2.75) is 19.3 Å². The van der Waals surface area contributed by atoms with Crippen LogP contribution in [0.15, 0.2) is 24.3 Å². The number of esters is 1. The summed E-state index contributed by atoms with van der Waals surface area (Å²) in [5, 5.41) is 4.83. The zero-order valence-electron chi connectivity index (χ0n) is 16.7. The largest absolute Gasteiger partial charge is 0.497 e. The molecular weight excluding hydrogens is 406 g/mol. The predicted molar refractivity (Wildman–Crippen MR) is 121 cm³/mol. The maximum absolute atomic E-state index is 12.3. The van der Waals surface area contributed by atoms with Crippen molar-refractivity contribution in [2.24, 2.45) is 0 Å². The van der Waals surface area contributed by atoms with E-state index in [0.717, 1.165) is 61.8 Å². The van der Waals surface area contributed by atoms with Crippen molar-refractivity contribution in [3.05, 3.63) is 40.3 Å². The van der Waals surface area contributed by atoms with Crippen LogP contribution in [0.5, 0.6) is 5.75 Å². The highest BCUT2D eigenvalue weighted by atomic mass is 32.1. The van der Waals surface area contributed by atoms with Crippen LogP contribution in [0.25, 0.3) is 0 Å². The number of thiophene rings is 1. The Labute approximate surface area is 180 Å². The first-order chi connectivity index (χ1) is 14.1. The summed E-state index contributed by atoms with van der Waals surface area (Å²) >= 11 is 7.30. The fraction of sp³-hybridized carbons (Fsp3) is 0.429. The summed E-state index contributed by atoms with van der Waals surface area (Å²) < 4.78 is 10.3. The molecule has 154 valence electrons.